The number of nitrogens with one attached hydrogen (secondary N) is 1. The fraction of sp³-hybridized carbons (Fsp3) is 0.529. The molecular formula is C17H23N5O4. The highest BCUT2D eigenvalue weighted by molar-refractivity contribution is 5.94. The van der Waals surface area contributed by atoms with Gasteiger partial charge in [0.15, 0.2) is 5.69 Å². The lowest BCUT2D eigenvalue weighted by Gasteiger charge is -2.32. The van der Waals surface area contributed by atoms with Crippen LogP contribution < -0.4 is 10.9 Å². The largest absolute Gasteiger partial charge is 0.501 e. The zero-order chi connectivity index (χ0) is 19.2. The van der Waals surface area contributed by atoms with Gasteiger partial charge < -0.3 is 15.2 Å². The molecule has 0 atom stereocenters. The topological polar surface area (TPSA) is 111 Å². The van der Waals surface area contributed by atoms with E-state index in [9.17, 15) is 14.7 Å². The molecule has 26 heavy (non-hydrogen) atoms. The van der Waals surface area contributed by atoms with Crippen molar-refractivity contribution in [2.24, 2.45) is 7.05 Å². The van der Waals surface area contributed by atoms with Crippen molar-refractivity contribution in [2.75, 3.05) is 6.61 Å². The summed E-state index contributed by atoms with van der Waals surface area (Å²) in [6.45, 7) is 8.15. The van der Waals surface area contributed by atoms with Crippen LogP contribution in [0.5, 0.6) is 5.75 Å². The molecule has 1 aliphatic heterocycles. The Morgan fingerprint density at radius 2 is 2.08 bits per heavy atom. The van der Waals surface area contributed by atoms with E-state index in [1.54, 1.807) is 18.5 Å². The van der Waals surface area contributed by atoms with Gasteiger partial charge in [0.1, 0.15) is 11.4 Å². The zero-order valence-electron chi connectivity index (χ0n) is 15.6. The Balaban J connectivity index is 1.93. The average Bonchev–Trinajstić information content (AvgIpc) is 2.81. The van der Waals surface area contributed by atoms with Gasteiger partial charge in [0.25, 0.3) is 11.5 Å². The van der Waals surface area contributed by atoms with Crippen LogP contribution in [0.1, 0.15) is 47.1 Å². The molecule has 0 unspecified atom stereocenters. The zero-order valence-corrected chi connectivity index (χ0v) is 15.6. The predicted octanol–water partition coefficient (Wildman–Crippen LogP) is 0.495. The van der Waals surface area contributed by atoms with Crippen LogP contribution in [0, 0.1) is 13.8 Å². The second-order valence-electron chi connectivity index (χ2n) is 6.90. The minimum Gasteiger partial charge on any atom is -0.501 e. The number of amides is 1. The van der Waals surface area contributed by atoms with E-state index in [1.807, 2.05) is 20.9 Å². The summed E-state index contributed by atoms with van der Waals surface area (Å²) < 4.78 is 8.72. The number of hydrogen-bond donors (Lipinski definition) is 2. The molecule has 1 aliphatic rings. The van der Waals surface area contributed by atoms with Crippen molar-refractivity contribution in [1.29, 1.82) is 0 Å². The molecule has 140 valence electrons. The first-order valence-electron chi connectivity index (χ1n) is 8.39. The third kappa shape index (κ3) is 2.88. The summed E-state index contributed by atoms with van der Waals surface area (Å²) in [7, 11) is 1.83. The Labute approximate surface area is 150 Å². The fourth-order valence-electron chi connectivity index (χ4n) is 3.15. The number of hydrogen-bond acceptors (Lipinski definition) is 6. The molecule has 0 spiro atoms. The highest BCUT2D eigenvalue weighted by atomic mass is 16.5. The van der Waals surface area contributed by atoms with Crippen molar-refractivity contribution in [3.05, 3.63) is 38.8 Å². The number of carbonyl (C=O) groups is 1. The number of carbonyl (C=O) groups excluding carboxylic acids is 1. The van der Waals surface area contributed by atoms with E-state index in [4.69, 9.17) is 4.74 Å². The predicted molar refractivity (Wildman–Crippen MR) is 93.0 cm³/mol. The van der Waals surface area contributed by atoms with Gasteiger partial charge in [0, 0.05) is 24.8 Å². The van der Waals surface area contributed by atoms with Crippen molar-refractivity contribution in [2.45, 2.75) is 46.4 Å². The van der Waals surface area contributed by atoms with Crippen LogP contribution >= 0.6 is 0 Å². The van der Waals surface area contributed by atoms with Gasteiger partial charge in [-0.1, -0.05) is 0 Å². The van der Waals surface area contributed by atoms with Crippen LogP contribution in [-0.2, 0) is 30.5 Å². The van der Waals surface area contributed by atoms with Crippen LogP contribution in [0.2, 0.25) is 0 Å². The molecule has 0 fully saturated rings. The van der Waals surface area contributed by atoms with E-state index in [-0.39, 0.29) is 18.8 Å². The van der Waals surface area contributed by atoms with E-state index in [0.29, 0.717) is 12.4 Å². The molecule has 2 aromatic rings. The number of aromatic hydroxyl groups is 1. The van der Waals surface area contributed by atoms with Gasteiger partial charge in [-0.15, -0.1) is 0 Å². The molecule has 2 aromatic heterocycles. The van der Waals surface area contributed by atoms with E-state index < -0.39 is 22.8 Å². The number of rotatable bonds is 3. The van der Waals surface area contributed by atoms with Gasteiger partial charge in [-0.2, -0.15) is 5.10 Å². The van der Waals surface area contributed by atoms with Gasteiger partial charge in [0.05, 0.1) is 18.8 Å². The molecule has 9 heteroatoms. The van der Waals surface area contributed by atoms with Gasteiger partial charge in [0.2, 0.25) is 5.75 Å². The van der Waals surface area contributed by atoms with Crippen molar-refractivity contribution in [3.63, 3.8) is 0 Å². The first kappa shape index (κ1) is 18.1. The highest BCUT2D eigenvalue weighted by Gasteiger charge is 2.34. The Hall–Kier alpha value is -2.68. The van der Waals surface area contributed by atoms with Crippen LogP contribution in [0.25, 0.3) is 0 Å². The first-order valence-corrected chi connectivity index (χ1v) is 8.39. The van der Waals surface area contributed by atoms with Crippen molar-refractivity contribution in [3.8, 4) is 5.75 Å². The Morgan fingerprint density at radius 1 is 1.38 bits per heavy atom. The number of aryl methyl sites for hydroxylation is 2. The van der Waals surface area contributed by atoms with Gasteiger partial charge >= 0.3 is 0 Å². The van der Waals surface area contributed by atoms with Crippen LogP contribution in [-0.4, -0.2) is 37.0 Å². The molecule has 0 saturated heterocycles. The molecule has 0 saturated carbocycles. The van der Waals surface area contributed by atoms with E-state index in [1.165, 1.54) is 4.57 Å². The molecule has 0 aliphatic carbocycles. The monoisotopic (exact) mass is 361 g/mol. The molecule has 0 bridgehead atoms. The van der Waals surface area contributed by atoms with E-state index >= 15 is 0 Å². The van der Waals surface area contributed by atoms with Gasteiger partial charge in [-0.05, 0) is 27.7 Å². The number of ether oxygens (including phenoxy) is 1. The second-order valence-corrected chi connectivity index (χ2v) is 6.90. The third-order valence-corrected chi connectivity index (χ3v) is 4.76. The summed E-state index contributed by atoms with van der Waals surface area (Å²) in [5, 5.41) is 17.2. The highest BCUT2D eigenvalue weighted by Crippen LogP contribution is 2.27. The van der Waals surface area contributed by atoms with Gasteiger partial charge in [-0.3, -0.25) is 18.8 Å². The van der Waals surface area contributed by atoms with Crippen LogP contribution in [0.3, 0.4) is 0 Å². The van der Waals surface area contributed by atoms with Crippen LogP contribution in [0.4, 0.5) is 0 Å². The first-order chi connectivity index (χ1) is 12.1. The van der Waals surface area contributed by atoms with Crippen molar-refractivity contribution >= 4 is 5.91 Å². The van der Waals surface area contributed by atoms with Crippen LogP contribution in [0.15, 0.2) is 4.79 Å². The summed E-state index contributed by atoms with van der Waals surface area (Å²) in [5.74, 6) is -0.943. The molecule has 3 rings (SSSR count). The van der Waals surface area contributed by atoms with E-state index in [2.05, 4.69) is 15.4 Å². The maximum absolute atomic E-state index is 12.6. The lowest BCUT2D eigenvalue weighted by Crippen LogP contribution is -2.42. The van der Waals surface area contributed by atoms with E-state index in [0.717, 1.165) is 17.0 Å². The summed E-state index contributed by atoms with van der Waals surface area (Å²) in [4.78, 5) is 29.2. The van der Waals surface area contributed by atoms with Crippen molar-refractivity contribution < 1.29 is 14.6 Å². The number of fused-ring (bicyclic) bond motifs is 1. The molecule has 1 amide bonds. The molecule has 2 N–H and O–H groups in total. The number of nitrogens with zero attached hydrogens (tertiary/aromatic N) is 4. The summed E-state index contributed by atoms with van der Waals surface area (Å²) in [6.07, 6.45) is 0. The average molecular weight is 361 g/mol. The minimum atomic E-state index is -0.823. The third-order valence-electron chi connectivity index (χ3n) is 4.76. The minimum absolute atomic E-state index is 0.226. The standard InChI is InChI=1S/C17H23N5O4/c1-9-11(10(2)21(5)20-9)8-18-14(24)12-13(23)15(25)22-6-7-26-17(3,4)16(22)19-12/h23H,6-8H2,1-5H3,(H,18,24). The SMILES string of the molecule is Cc1nn(C)c(C)c1CNC(=O)c1nc2n(c(=O)c1O)CCOC2(C)C. The lowest BCUT2D eigenvalue weighted by molar-refractivity contribution is -0.0566. The lowest BCUT2D eigenvalue weighted by atomic mass is 10.1. The normalized spacial score (nSPS) is 15.6. The maximum atomic E-state index is 12.6. The number of aromatic nitrogens is 4. The summed E-state index contributed by atoms with van der Waals surface area (Å²) in [5.41, 5.74) is 0.877. The summed E-state index contributed by atoms with van der Waals surface area (Å²) in [6, 6.07) is 0. The molecule has 0 radical (unpaired) electrons. The molecule has 3 heterocycles. The molecular weight excluding hydrogens is 338 g/mol. The molecule has 9 nitrogen and oxygen atoms in total. The maximum Gasteiger partial charge on any atom is 0.296 e. The Morgan fingerprint density at radius 3 is 2.69 bits per heavy atom. The summed E-state index contributed by atoms with van der Waals surface area (Å²) >= 11 is 0. The Kier molecular flexibility index (Phi) is 4.35. The fourth-order valence-corrected chi connectivity index (χ4v) is 3.15. The quantitative estimate of drug-likeness (QED) is 0.823. The second kappa shape index (κ2) is 6.24. The molecule has 0 aromatic carbocycles. The van der Waals surface area contributed by atoms with Crippen molar-refractivity contribution in [1.82, 2.24) is 24.6 Å². The smallest absolute Gasteiger partial charge is 0.296 e. The Bertz CT molecular complexity index is 942. The van der Waals surface area contributed by atoms with Gasteiger partial charge in [-0.25, -0.2) is 4.98 Å².